The van der Waals surface area contributed by atoms with Gasteiger partial charge in [0.05, 0.1) is 0 Å². The van der Waals surface area contributed by atoms with Crippen LogP contribution in [0.2, 0.25) is 0 Å². The lowest BCUT2D eigenvalue weighted by atomic mass is 10.7. The molecule has 15 nitrogen and oxygen atoms in total. The Kier molecular flexibility index (Phi) is 6.04. The number of nitrogens with zero attached hydrogens (tertiary/aromatic N) is 8. The van der Waals surface area contributed by atoms with Crippen molar-refractivity contribution in [1.29, 1.82) is 0 Å². The van der Waals surface area contributed by atoms with Crippen LogP contribution in [0.25, 0.3) is 0 Å². The second-order valence-electron chi connectivity index (χ2n) is 3.19. The molecule has 0 saturated carbocycles. The maximum absolute atomic E-state index is 11.6. The van der Waals surface area contributed by atoms with E-state index in [1.807, 2.05) is 0 Å². The van der Waals surface area contributed by atoms with E-state index in [4.69, 9.17) is 0 Å². The minimum Gasteiger partial charge on any atom is -0.593 e. The van der Waals surface area contributed by atoms with Crippen molar-refractivity contribution < 1.29 is 24.2 Å². The minimum absolute atomic E-state index is 0.482. The van der Waals surface area contributed by atoms with Crippen LogP contribution in [0.1, 0.15) is 0 Å². The van der Waals surface area contributed by atoms with Crippen molar-refractivity contribution in [2.24, 2.45) is 10.2 Å². The number of hydroxylamine groups is 2. The number of azo groups is 2. The zero-order chi connectivity index (χ0) is 18.0. The lowest BCUT2D eigenvalue weighted by Gasteiger charge is -2.07. The van der Waals surface area contributed by atoms with E-state index in [-0.39, 0.29) is 0 Å². The maximum atomic E-state index is 11.6. The SMILES string of the molecule is O=[N+]([O-])C(Br)(Br)[N+]([O-])=Nc1nonc1N=[N+]([O-])C(Br)(Br)[N+](=O)[O-]. The van der Waals surface area contributed by atoms with Crippen LogP contribution < -0.4 is 0 Å². The zero-order valence-electron chi connectivity index (χ0n) is 9.95. The molecule has 19 heteroatoms. The summed E-state index contributed by atoms with van der Waals surface area (Å²) in [5.74, 6) is -1.49. The van der Waals surface area contributed by atoms with E-state index < -0.39 is 38.2 Å². The summed E-state index contributed by atoms with van der Waals surface area (Å²) in [6.45, 7) is 0. The molecule has 0 radical (unpaired) electrons. The number of aromatic nitrogens is 2. The Morgan fingerprint density at radius 2 is 1.13 bits per heavy atom. The molecule has 0 amide bonds. The molecule has 1 aromatic rings. The molecule has 0 aromatic carbocycles. The minimum atomic E-state index is -2.52. The van der Waals surface area contributed by atoms with E-state index in [1.54, 1.807) is 0 Å². The van der Waals surface area contributed by atoms with Gasteiger partial charge in [0, 0.05) is 19.9 Å². The first-order valence-corrected chi connectivity index (χ1v) is 7.83. The molecule has 0 spiro atoms. The maximum Gasteiger partial charge on any atom is 0.545 e. The fourth-order valence-electron chi connectivity index (χ4n) is 0.737. The second kappa shape index (κ2) is 7.05. The van der Waals surface area contributed by atoms with Gasteiger partial charge in [0.25, 0.3) is 0 Å². The van der Waals surface area contributed by atoms with Crippen molar-refractivity contribution in [3.63, 3.8) is 0 Å². The van der Waals surface area contributed by atoms with Gasteiger partial charge >= 0.3 is 18.6 Å². The third kappa shape index (κ3) is 4.35. The Morgan fingerprint density at radius 3 is 1.39 bits per heavy atom. The summed E-state index contributed by atoms with van der Waals surface area (Å²) in [6.07, 6.45) is 0. The molecule has 23 heavy (non-hydrogen) atoms. The van der Waals surface area contributed by atoms with Gasteiger partial charge in [-0.05, 0) is 10.3 Å². The van der Waals surface area contributed by atoms with Gasteiger partial charge < -0.3 is 10.4 Å². The molecule has 0 fully saturated rings. The van der Waals surface area contributed by atoms with Crippen molar-refractivity contribution in [3.8, 4) is 0 Å². The monoisotopic (exact) mass is 588 g/mol. The van der Waals surface area contributed by atoms with Crippen LogP contribution in [0.15, 0.2) is 14.9 Å². The van der Waals surface area contributed by atoms with Crippen molar-refractivity contribution in [2.75, 3.05) is 0 Å². The Hall–Kier alpha value is -1.34. The molecule has 0 bridgehead atoms. The smallest absolute Gasteiger partial charge is 0.545 e. The van der Waals surface area contributed by atoms with Gasteiger partial charge in [-0.3, -0.25) is 20.2 Å². The highest BCUT2D eigenvalue weighted by molar-refractivity contribution is 9.25. The number of hydrogen-bond acceptors (Lipinski definition) is 11. The van der Waals surface area contributed by atoms with Gasteiger partial charge in [-0.1, -0.05) is 0 Å². The van der Waals surface area contributed by atoms with Crippen molar-refractivity contribution in [3.05, 3.63) is 30.6 Å². The van der Waals surface area contributed by atoms with Crippen LogP contribution in [-0.2, 0) is 0 Å². The van der Waals surface area contributed by atoms with E-state index in [0.29, 0.717) is 0 Å². The summed E-state index contributed by atoms with van der Waals surface area (Å²) in [5, 5.41) is 56.8. The molecular formula is C4Br4N8O7. The number of alkyl halides is 4. The molecule has 0 N–H and O–H groups in total. The molecule has 0 atom stereocenters. The first kappa shape index (κ1) is 19.7. The van der Waals surface area contributed by atoms with E-state index in [0.717, 1.165) is 0 Å². The predicted octanol–water partition coefficient (Wildman–Crippen LogP) is 2.61. The average Bonchev–Trinajstić information content (AvgIpc) is 2.85. The van der Waals surface area contributed by atoms with Crippen LogP contribution in [0, 0.1) is 30.6 Å². The van der Waals surface area contributed by atoms with E-state index in [1.165, 1.54) is 0 Å². The first-order valence-electron chi connectivity index (χ1n) is 4.66. The van der Waals surface area contributed by atoms with Crippen LogP contribution in [0.5, 0.6) is 0 Å². The van der Waals surface area contributed by atoms with Crippen LogP contribution in [0.4, 0.5) is 11.6 Å². The number of nitro groups is 2. The van der Waals surface area contributed by atoms with Crippen LogP contribution >= 0.6 is 63.7 Å². The predicted molar refractivity (Wildman–Crippen MR) is 80.9 cm³/mol. The highest BCUT2D eigenvalue weighted by Gasteiger charge is 2.50. The Bertz CT molecular complexity index is 642. The highest BCUT2D eigenvalue weighted by Crippen LogP contribution is 2.33. The van der Waals surface area contributed by atoms with Gasteiger partial charge in [-0.15, -0.1) is 0 Å². The Morgan fingerprint density at radius 1 is 0.826 bits per heavy atom. The van der Waals surface area contributed by atoms with Gasteiger partial charge in [-0.25, -0.2) is 4.63 Å². The summed E-state index contributed by atoms with van der Waals surface area (Å²) in [7, 11) is 0. The van der Waals surface area contributed by atoms with Crippen molar-refractivity contribution in [2.45, 2.75) is 6.96 Å². The number of rotatable bonds is 6. The molecule has 0 aliphatic rings. The van der Waals surface area contributed by atoms with Gasteiger partial charge in [0.15, 0.2) is 0 Å². The standard InChI is InChI=1S/C4Br4N8O7/c5-3(6,15(19)20)13(17)9-1-2(12-23-11-1)10-14(18)4(7,8)16(21)22. The summed E-state index contributed by atoms with van der Waals surface area (Å²) >= 11 is 9.74. The molecule has 0 aliphatic heterocycles. The summed E-state index contributed by atoms with van der Waals surface area (Å²) in [6, 6.07) is 0. The van der Waals surface area contributed by atoms with Crippen LogP contribution in [-0.4, -0.2) is 36.8 Å². The topological polar surface area (TPSA) is 202 Å². The Labute approximate surface area is 157 Å². The van der Waals surface area contributed by atoms with Gasteiger partial charge in [0.2, 0.25) is 0 Å². The molecule has 0 saturated heterocycles. The van der Waals surface area contributed by atoms with Gasteiger partial charge in [-0.2, -0.15) is 0 Å². The molecular weight excluding hydrogens is 592 g/mol. The molecule has 1 aromatic heterocycles. The fourth-order valence-corrected chi connectivity index (χ4v) is 1.05. The van der Waals surface area contributed by atoms with Crippen molar-refractivity contribution >= 4 is 75.4 Å². The van der Waals surface area contributed by atoms with E-state index >= 15 is 0 Å². The summed E-state index contributed by atoms with van der Waals surface area (Å²) < 4.78 is -0.876. The normalized spacial score (nSPS) is 13.9. The molecule has 1 heterocycles. The zero-order valence-corrected chi connectivity index (χ0v) is 16.3. The molecule has 0 unspecified atom stereocenters. The highest BCUT2D eigenvalue weighted by atomic mass is 79.9. The molecule has 126 valence electrons. The quantitative estimate of drug-likeness (QED) is 0.0906. The lowest BCUT2D eigenvalue weighted by Crippen LogP contribution is -2.33. The number of hydrogen-bond donors (Lipinski definition) is 0. The Balaban J connectivity index is 3.26. The van der Waals surface area contributed by atoms with Gasteiger partial charge in [0.1, 0.15) is 73.6 Å². The third-order valence-electron chi connectivity index (χ3n) is 1.73. The van der Waals surface area contributed by atoms with E-state index in [9.17, 15) is 30.6 Å². The lowest BCUT2D eigenvalue weighted by molar-refractivity contribution is -0.742. The largest absolute Gasteiger partial charge is 0.593 e. The molecule has 1 rings (SSSR count). The molecule has 0 aliphatic carbocycles. The average molecular weight is 592 g/mol. The third-order valence-corrected chi connectivity index (χ3v) is 4.10. The fraction of sp³-hybridized carbons (Fsp3) is 0.500. The van der Waals surface area contributed by atoms with E-state index in [2.05, 4.69) is 88.9 Å². The van der Waals surface area contributed by atoms with Crippen molar-refractivity contribution in [1.82, 2.24) is 10.3 Å². The van der Waals surface area contributed by atoms with Crippen LogP contribution in [0.3, 0.4) is 0 Å². The summed E-state index contributed by atoms with van der Waals surface area (Å²) in [5.41, 5.74) is 0. The second-order valence-corrected chi connectivity index (χ2v) is 9.74. The summed E-state index contributed by atoms with van der Waals surface area (Å²) in [4.78, 5) is 18.2. The number of halogens is 4. The first-order chi connectivity index (χ1) is 10.4.